The third kappa shape index (κ3) is 3.91. The van der Waals surface area contributed by atoms with E-state index in [1.54, 1.807) is 13.3 Å². The van der Waals surface area contributed by atoms with Crippen molar-refractivity contribution in [2.24, 2.45) is 7.05 Å². The zero-order valence-corrected chi connectivity index (χ0v) is 15.8. The number of ether oxygens (including phenoxy) is 1. The van der Waals surface area contributed by atoms with Crippen molar-refractivity contribution in [2.45, 2.75) is 25.7 Å². The van der Waals surface area contributed by atoms with Gasteiger partial charge < -0.3 is 9.30 Å². The zero-order chi connectivity index (χ0) is 19.9. The number of fused-ring (bicyclic) bond motifs is 1. The summed E-state index contributed by atoms with van der Waals surface area (Å²) in [7, 11) is 1.95. The van der Waals surface area contributed by atoms with Gasteiger partial charge in [-0.2, -0.15) is 13.2 Å². The van der Waals surface area contributed by atoms with Crippen LogP contribution in [0.15, 0.2) is 42.7 Å². The summed E-state index contributed by atoms with van der Waals surface area (Å²) in [6.45, 7) is 4.05. The van der Waals surface area contributed by atoms with Gasteiger partial charge in [-0.05, 0) is 42.3 Å². The van der Waals surface area contributed by atoms with Crippen molar-refractivity contribution in [2.75, 3.05) is 19.7 Å². The molecule has 0 amide bonds. The number of benzene rings is 2. The van der Waals surface area contributed by atoms with E-state index in [2.05, 4.69) is 16.0 Å². The lowest BCUT2D eigenvalue weighted by Gasteiger charge is -2.33. The van der Waals surface area contributed by atoms with Crippen LogP contribution in [0.5, 0.6) is 0 Å². The number of alkyl halides is 3. The predicted octanol–water partition coefficient (Wildman–Crippen LogP) is 4.47. The molecule has 148 valence electrons. The molecule has 2 heterocycles. The molecule has 1 atom stereocenters. The van der Waals surface area contributed by atoms with Crippen molar-refractivity contribution in [3.05, 3.63) is 65.0 Å². The molecule has 7 heteroatoms. The van der Waals surface area contributed by atoms with E-state index in [1.807, 2.05) is 29.8 Å². The van der Waals surface area contributed by atoms with Gasteiger partial charge in [-0.3, -0.25) is 4.90 Å². The Labute approximate surface area is 161 Å². The molecule has 3 aromatic rings. The topological polar surface area (TPSA) is 30.3 Å². The highest BCUT2D eigenvalue weighted by Gasteiger charge is 2.31. The number of aromatic nitrogens is 2. The standard InChI is InChI=1S/C21H22F3N3O/c1-14-7-15(9-17(8-14)21(22,23)24)11-27-5-6-28-20(12-27)16-3-4-18-19(10-16)26(2)13-25-18/h3-4,7-10,13,20H,5-6,11-12H2,1-2H3. The Balaban J connectivity index is 1.52. The van der Waals surface area contributed by atoms with Crippen LogP contribution in [0, 0.1) is 6.92 Å². The largest absolute Gasteiger partial charge is 0.416 e. The first kappa shape index (κ1) is 19.0. The van der Waals surface area contributed by atoms with Gasteiger partial charge in [0.15, 0.2) is 0 Å². The summed E-state index contributed by atoms with van der Waals surface area (Å²) in [5.41, 5.74) is 3.73. The molecule has 1 fully saturated rings. The van der Waals surface area contributed by atoms with E-state index in [9.17, 15) is 13.2 Å². The molecule has 1 unspecified atom stereocenters. The highest BCUT2D eigenvalue weighted by atomic mass is 19.4. The molecule has 4 rings (SSSR count). The van der Waals surface area contributed by atoms with Crippen molar-refractivity contribution in [3.63, 3.8) is 0 Å². The molecular weight excluding hydrogens is 367 g/mol. The molecule has 1 aromatic heterocycles. The lowest BCUT2D eigenvalue weighted by Crippen LogP contribution is -2.37. The number of aryl methyl sites for hydroxylation is 2. The van der Waals surface area contributed by atoms with Crippen molar-refractivity contribution in [1.82, 2.24) is 14.5 Å². The molecule has 1 aliphatic heterocycles. The van der Waals surface area contributed by atoms with Crippen LogP contribution in [0.2, 0.25) is 0 Å². The lowest BCUT2D eigenvalue weighted by molar-refractivity contribution is -0.137. The fraction of sp³-hybridized carbons (Fsp3) is 0.381. The minimum absolute atomic E-state index is 0.111. The molecule has 1 saturated heterocycles. The van der Waals surface area contributed by atoms with E-state index in [4.69, 9.17) is 4.74 Å². The summed E-state index contributed by atoms with van der Waals surface area (Å²) in [5.74, 6) is 0. The van der Waals surface area contributed by atoms with Gasteiger partial charge in [0, 0.05) is 26.7 Å². The van der Waals surface area contributed by atoms with Crippen molar-refractivity contribution in [1.29, 1.82) is 0 Å². The van der Waals surface area contributed by atoms with Crippen molar-refractivity contribution < 1.29 is 17.9 Å². The van der Waals surface area contributed by atoms with Crippen LogP contribution < -0.4 is 0 Å². The molecule has 0 N–H and O–H groups in total. The second-order valence-electron chi connectivity index (χ2n) is 7.40. The zero-order valence-electron chi connectivity index (χ0n) is 15.8. The van der Waals surface area contributed by atoms with Gasteiger partial charge in [0.2, 0.25) is 0 Å². The van der Waals surface area contributed by atoms with E-state index in [1.165, 1.54) is 12.1 Å². The monoisotopic (exact) mass is 389 g/mol. The molecular formula is C21H22F3N3O. The average Bonchev–Trinajstić information content (AvgIpc) is 3.01. The smallest absolute Gasteiger partial charge is 0.371 e. The summed E-state index contributed by atoms with van der Waals surface area (Å²) in [4.78, 5) is 6.48. The van der Waals surface area contributed by atoms with Crippen LogP contribution in [0.4, 0.5) is 13.2 Å². The van der Waals surface area contributed by atoms with E-state index in [0.717, 1.165) is 16.6 Å². The van der Waals surface area contributed by atoms with Crippen LogP contribution in [0.3, 0.4) is 0 Å². The maximum Gasteiger partial charge on any atom is 0.416 e. The van der Waals surface area contributed by atoms with Gasteiger partial charge in [0.25, 0.3) is 0 Å². The van der Waals surface area contributed by atoms with Gasteiger partial charge in [0.05, 0.1) is 35.6 Å². The first-order valence-corrected chi connectivity index (χ1v) is 9.22. The minimum atomic E-state index is -4.33. The first-order valence-electron chi connectivity index (χ1n) is 9.22. The lowest BCUT2D eigenvalue weighted by atomic mass is 10.0. The predicted molar refractivity (Wildman–Crippen MR) is 101 cm³/mol. The molecule has 0 saturated carbocycles. The summed E-state index contributed by atoms with van der Waals surface area (Å²) in [5, 5.41) is 0. The molecule has 0 radical (unpaired) electrons. The maximum atomic E-state index is 13.1. The summed E-state index contributed by atoms with van der Waals surface area (Å²) in [6.07, 6.45) is -2.66. The number of morpholine rings is 1. The molecule has 28 heavy (non-hydrogen) atoms. The van der Waals surface area contributed by atoms with Crippen LogP contribution in [0.1, 0.15) is 28.4 Å². The Bertz CT molecular complexity index is 996. The third-order valence-electron chi connectivity index (χ3n) is 5.14. The number of nitrogens with zero attached hydrogens (tertiary/aromatic N) is 3. The fourth-order valence-electron chi connectivity index (χ4n) is 3.77. The molecule has 2 aromatic carbocycles. The van der Waals surface area contributed by atoms with E-state index < -0.39 is 11.7 Å². The van der Waals surface area contributed by atoms with Crippen LogP contribution in [-0.2, 0) is 24.5 Å². The Morgan fingerprint density at radius 2 is 2.00 bits per heavy atom. The van der Waals surface area contributed by atoms with E-state index in [0.29, 0.717) is 37.4 Å². The van der Waals surface area contributed by atoms with Crippen molar-refractivity contribution in [3.8, 4) is 0 Å². The van der Waals surface area contributed by atoms with Crippen molar-refractivity contribution >= 4 is 11.0 Å². The molecule has 0 spiro atoms. The number of hydrogen-bond donors (Lipinski definition) is 0. The Morgan fingerprint density at radius 3 is 2.79 bits per heavy atom. The molecule has 4 nitrogen and oxygen atoms in total. The Kier molecular flexibility index (Phi) is 4.89. The quantitative estimate of drug-likeness (QED) is 0.662. The normalized spacial score (nSPS) is 18.7. The highest BCUT2D eigenvalue weighted by Crippen LogP contribution is 2.31. The highest BCUT2D eigenvalue weighted by molar-refractivity contribution is 5.76. The molecule has 1 aliphatic rings. The Morgan fingerprint density at radius 1 is 1.18 bits per heavy atom. The summed E-state index contributed by atoms with van der Waals surface area (Å²) in [6, 6.07) is 10.3. The number of hydrogen-bond acceptors (Lipinski definition) is 3. The maximum absolute atomic E-state index is 13.1. The molecule has 0 aliphatic carbocycles. The minimum Gasteiger partial charge on any atom is -0.371 e. The molecule has 0 bridgehead atoms. The Hall–Kier alpha value is -2.38. The first-order chi connectivity index (χ1) is 13.3. The number of rotatable bonds is 3. The summed E-state index contributed by atoms with van der Waals surface area (Å²) < 4.78 is 47.2. The van der Waals surface area contributed by atoms with Gasteiger partial charge in [0.1, 0.15) is 0 Å². The third-order valence-corrected chi connectivity index (χ3v) is 5.14. The average molecular weight is 389 g/mol. The van der Waals surface area contributed by atoms with Crippen LogP contribution in [0.25, 0.3) is 11.0 Å². The SMILES string of the molecule is Cc1cc(CN2CCOC(c3ccc4ncn(C)c4c3)C2)cc(C(F)(F)F)c1. The van der Waals surface area contributed by atoms with E-state index in [-0.39, 0.29) is 6.10 Å². The van der Waals surface area contributed by atoms with Gasteiger partial charge in [-0.15, -0.1) is 0 Å². The van der Waals surface area contributed by atoms with Gasteiger partial charge >= 0.3 is 6.18 Å². The fourth-order valence-corrected chi connectivity index (χ4v) is 3.77. The second-order valence-corrected chi connectivity index (χ2v) is 7.40. The summed E-state index contributed by atoms with van der Waals surface area (Å²) >= 11 is 0. The van der Waals surface area contributed by atoms with E-state index >= 15 is 0 Å². The number of halogens is 3. The second kappa shape index (κ2) is 7.22. The van der Waals surface area contributed by atoms with Gasteiger partial charge in [-0.25, -0.2) is 4.98 Å². The van der Waals surface area contributed by atoms with Crippen LogP contribution >= 0.6 is 0 Å². The van der Waals surface area contributed by atoms with Crippen LogP contribution in [-0.4, -0.2) is 34.1 Å². The number of imidazole rings is 1. The van der Waals surface area contributed by atoms with Gasteiger partial charge in [-0.1, -0.05) is 17.7 Å².